The van der Waals surface area contributed by atoms with Crippen LogP contribution in [0, 0.1) is 17.8 Å². The second-order valence-electron chi connectivity index (χ2n) is 7.77. The van der Waals surface area contributed by atoms with Crippen LogP contribution >= 0.6 is 0 Å². The molecule has 31 heavy (non-hydrogen) atoms. The Morgan fingerprint density at radius 1 is 1.10 bits per heavy atom. The van der Waals surface area contributed by atoms with Crippen LogP contribution < -0.4 is 11.5 Å². The van der Waals surface area contributed by atoms with Crippen molar-refractivity contribution in [2.45, 2.75) is 19.4 Å². The summed E-state index contributed by atoms with van der Waals surface area (Å²) in [4.78, 5) is 2.37. The molecule has 1 saturated heterocycles. The van der Waals surface area contributed by atoms with Gasteiger partial charge in [0.15, 0.2) is 5.82 Å². The van der Waals surface area contributed by atoms with Crippen molar-refractivity contribution < 1.29 is 5.11 Å². The summed E-state index contributed by atoms with van der Waals surface area (Å²) < 4.78 is 1.98. The third-order valence-electron chi connectivity index (χ3n) is 5.63. The highest BCUT2D eigenvalue weighted by Gasteiger charge is 2.20. The number of benzene rings is 1. The standard InChI is InChI=1S/C23H27N7O/c24-9-3-4-10-29-11-7-17(8-12-29)15-30-16-18(14-26-30)20-13-21(27-28-23(20)25)19-5-1-2-6-22(19)31/h1-2,5-6,13-14,16-17,31H,7-12,15,24H2,(H2,25,28). The number of nitrogen functional groups attached to an aromatic ring is 1. The third kappa shape index (κ3) is 5.02. The number of phenolic OH excluding ortho intramolecular Hbond substituents is 1. The smallest absolute Gasteiger partial charge is 0.154 e. The molecule has 0 unspecified atom stereocenters. The summed E-state index contributed by atoms with van der Waals surface area (Å²) in [6.45, 7) is 4.17. The molecule has 0 radical (unpaired) electrons. The molecule has 3 aromatic rings. The highest BCUT2D eigenvalue weighted by atomic mass is 16.3. The van der Waals surface area contributed by atoms with Gasteiger partial charge in [-0.1, -0.05) is 24.0 Å². The summed E-state index contributed by atoms with van der Waals surface area (Å²) in [6, 6.07) is 8.89. The Bertz CT molecular complexity index is 1090. The number of nitrogens with zero attached hydrogens (tertiary/aromatic N) is 5. The van der Waals surface area contributed by atoms with Crippen LogP contribution in [0.5, 0.6) is 5.75 Å². The van der Waals surface area contributed by atoms with Gasteiger partial charge in [0.1, 0.15) is 5.75 Å². The van der Waals surface area contributed by atoms with E-state index in [1.54, 1.807) is 24.4 Å². The van der Waals surface area contributed by atoms with E-state index in [1.165, 1.54) is 0 Å². The molecule has 1 aromatic carbocycles. The molecule has 160 valence electrons. The number of hydrogen-bond acceptors (Lipinski definition) is 7. The summed E-state index contributed by atoms with van der Waals surface area (Å²) in [7, 11) is 0. The van der Waals surface area contributed by atoms with Gasteiger partial charge in [-0.2, -0.15) is 5.10 Å². The summed E-state index contributed by atoms with van der Waals surface area (Å²) in [5.41, 5.74) is 14.4. The molecule has 1 aliphatic rings. The fourth-order valence-corrected chi connectivity index (χ4v) is 3.89. The van der Waals surface area contributed by atoms with Crippen molar-refractivity contribution in [3.63, 3.8) is 0 Å². The van der Waals surface area contributed by atoms with Crippen LogP contribution in [0.4, 0.5) is 5.82 Å². The lowest BCUT2D eigenvalue weighted by Gasteiger charge is -2.30. The van der Waals surface area contributed by atoms with Gasteiger partial charge in [0.05, 0.1) is 25.0 Å². The van der Waals surface area contributed by atoms with E-state index in [0.29, 0.717) is 29.5 Å². The minimum atomic E-state index is 0.156. The topological polar surface area (TPSA) is 119 Å². The minimum absolute atomic E-state index is 0.156. The zero-order valence-electron chi connectivity index (χ0n) is 17.4. The van der Waals surface area contributed by atoms with E-state index in [1.807, 2.05) is 23.0 Å². The molecule has 5 N–H and O–H groups in total. The van der Waals surface area contributed by atoms with Crippen LogP contribution in [0.1, 0.15) is 12.8 Å². The molecule has 8 nitrogen and oxygen atoms in total. The Morgan fingerprint density at radius 3 is 2.68 bits per heavy atom. The Balaban J connectivity index is 1.44. The first-order valence-corrected chi connectivity index (χ1v) is 10.5. The lowest BCUT2D eigenvalue weighted by atomic mass is 9.97. The van der Waals surface area contributed by atoms with Gasteiger partial charge in [-0.25, -0.2) is 0 Å². The highest BCUT2D eigenvalue weighted by molar-refractivity contribution is 5.78. The monoisotopic (exact) mass is 417 g/mol. The molecule has 0 bridgehead atoms. The first-order valence-electron chi connectivity index (χ1n) is 10.5. The van der Waals surface area contributed by atoms with Crippen molar-refractivity contribution in [2.75, 3.05) is 31.9 Å². The van der Waals surface area contributed by atoms with Gasteiger partial charge in [-0.05, 0) is 50.0 Å². The van der Waals surface area contributed by atoms with E-state index in [9.17, 15) is 5.11 Å². The van der Waals surface area contributed by atoms with E-state index in [2.05, 4.69) is 32.0 Å². The number of nitrogens with two attached hydrogens (primary N) is 2. The minimum Gasteiger partial charge on any atom is -0.507 e. The molecule has 0 spiro atoms. The van der Waals surface area contributed by atoms with E-state index in [-0.39, 0.29) is 5.75 Å². The number of phenols is 1. The van der Waals surface area contributed by atoms with E-state index < -0.39 is 0 Å². The van der Waals surface area contributed by atoms with Gasteiger partial charge >= 0.3 is 0 Å². The van der Waals surface area contributed by atoms with Crippen LogP contribution in [-0.4, -0.2) is 56.2 Å². The molecule has 3 heterocycles. The summed E-state index contributed by atoms with van der Waals surface area (Å²) >= 11 is 0. The number of anilines is 1. The molecule has 0 atom stereocenters. The van der Waals surface area contributed by atoms with Crippen molar-refractivity contribution in [3.8, 4) is 40.0 Å². The van der Waals surface area contributed by atoms with Gasteiger partial charge in [0, 0.05) is 29.4 Å². The molecule has 4 rings (SSSR count). The predicted octanol–water partition coefficient (Wildman–Crippen LogP) is 1.97. The van der Waals surface area contributed by atoms with Gasteiger partial charge < -0.3 is 16.6 Å². The first kappa shape index (κ1) is 20.8. The molecule has 1 fully saturated rings. The highest BCUT2D eigenvalue weighted by Crippen LogP contribution is 2.32. The molecule has 0 saturated carbocycles. The molecule has 2 aromatic heterocycles. The fraction of sp³-hybridized carbons (Fsp3) is 0.348. The second-order valence-corrected chi connectivity index (χ2v) is 7.77. The quantitative estimate of drug-likeness (QED) is 0.543. The predicted molar refractivity (Wildman–Crippen MR) is 121 cm³/mol. The van der Waals surface area contributed by atoms with Gasteiger partial charge in [-0.15, -0.1) is 10.2 Å². The molecule has 8 heteroatoms. The number of hydrogen-bond donors (Lipinski definition) is 3. The number of piperidine rings is 1. The Labute approximate surface area is 181 Å². The fourth-order valence-electron chi connectivity index (χ4n) is 3.89. The maximum absolute atomic E-state index is 10.1. The summed E-state index contributed by atoms with van der Waals surface area (Å²) in [5, 5.41) is 22.9. The van der Waals surface area contributed by atoms with Crippen LogP contribution in [0.15, 0.2) is 42.7 Å². The molecular formula is C23H27N7O. The van der Waals surface area contributed by atoms with Crippen molar-refractivity contribution in [2.24, 2.45) is 11.7 Å². The summed E-state index contributed by atoms with van der Waals surface area (Å²) in [6.07, 6.45) is 6.05. The maximum atomic E-state index is 10.1. The van der Waals surface area contributed by atoms with Gasteiger partial charge in [-0.3, -0.25) is 9.58 Å². The zero-order valence-corrected chi connectivity index (χ0v) is 17.4. The number of likely N-dealkylation sites (tertiary alicyclic amines) is 1. The van der Waals surface area contributed by atoms with Crippen molar-refractivity contribution in [3.05, 3.63) is 42.7 Å². The largest absolute Gasteiger partial charge is 0.507 e. The molecule has 0 aliphatic carbocycles. The molecular weight excluding hydrogens is 390 g/mol. The zero-order chi connectivity index (χ0) is 21.6. The molecule has 0 amide bonds. The Morgan fingerprint density at radius 2 is 1.90 bits per heavy atom. The van der Waals surface area contributed by atoms with Crippen molar-refractivity contribution in [1.29, 1.82) is 0 Å². The molecule has 1 aliphatic heterocycles. The number of aromatic nitrogens is 4. The Hall–Kier alpha value is -3.41. The van der Waals surface area contributed by atoms with Crippen LogP contribution in [0.25, 0.3) is 22.4 Å². The summed E-state index contributed by atoms with van der Waals surface area (Å²) in [5.74, 6) is 7.11. The first-order chi connectivity index (χ1) is 15.1. The van der Waals surface area contributed by atoms with Crippen LogP contribution in [0.3, 0.4) is 0 Å². The van der Waals surface area contributed by atoms with Gasteiger partial charge in [0.2, 0.25) is 0 Å². The third-order valence-corrected chi connectivity index (χ3v) is 5.63. The average Bonchev–Trinajstić information content (AvgIpc) is 3.24. The van der Waals surface area contributed by atoms with Crippen molar-refractivity contribution in [1.82, 2.24) is 24.9 Å². The average molecular weight is 418 g/mol. The number of aromatic hydroxyl groups is 1. The van der Waals surface area contributed by atoms with Crippen LogP contribution in [0.2, 0.25) is 0 Å². The van der Waals surface area contributed by atoms with E-state index in [4.69, 9.17) is 11.5 Å². The second kappa shape index (κ2) is 9.60. The SMILES string of the molecule is NCC#CCN1CCC(Cn2cc(-c3cc(-c4ccccc4O)nnc3N)cn2)CC1. The Kier molecular flexibility index (Phi) is 6.46. The lowest BCUT2D eigenvalue weighted by Crippen LogP contribution is -2.35. The maximum Gasteiger partial charge on any atom is 0.154 e. The van der Waals surface area contributed by atoms with Crippen molar-refractivity contribution >= 4 is 5.82 Å². The van der Waals surface area contributed by atoms with E-state index in [0.717, 1.165) is 50.1 Å². The van der Waals surface area contributed by atoms with E-state index >= 15 is 0 Å². The number of rotatable bonds is 5. The van der Waals surface area contributed by atoms with Crippen LogP contribution in [-0.2, 0) is 6.54 Å². The van der Waals surface area contributed by atoms with Gasteiger partial charge in [0.25, 0.3) is 0 Å². The normalized spacial score (nSPS) is 14.9. The number of para-hydroxylation sites is 1. The lowest BCUT2D eigenvalue weighted by molar-refractivity contribution is 0.187.